The lowest BCUT2D eigenvalue weighted by molar-refractivity contribution is 0.322. The number of rotatable bonds is 2. The third-order valence-electron chi connectivity index (χ3n) is 0.243. The minimum atomic E-state index is -3.91. The molecule has 0 aromatic heterocycles. The van der Waals surface area contributed by atoms with Crippen LogP contribution < -0.4 is 0 Å². The maximum atomic E-state index is 9.79. The van der Waals surface area contributed by atoms with E-state index in [0.29, 0.717) is 0 Å². The lowest BCUT2D eigenvalue weighted by atomic mass is 11.7. The molecule has 0 rings (SSSR count). The van der Waals surface area contributed by atoms with Crippen LogP contribution >= 0.6 is 17.1 Å². The number of hydrogen-bond donors (Lipinski definition) is 2. The first-order valence-electron chi connectivity index (χ1n) is 1.42. The van der Waals surface area contributed by atoms with Gasteiger partial charge in [0.15, 0.2) is 6.35 Å². The van der Waals surface area contributed by atoms with Gasteiger partial charge in [0.2, 0.25) is 0 Å². The van der Waals surface area contributed by atoms with Crippen LogP contribution in [0.5, 0.6) is 0 Å². The highest BCUT2D eigenvalue weighted by molar-refractivity contribution is 7.51. The molecule has 0 radical (unpaired) electrons. The molecule has 4 nitrogen and oxygen atoms in total. The van der Waals surface area contributed by atoms with E-state index in [0.717, 1.165) is 0 Å². The molecule has 1 atom stereocenters. The molecule has 6 heteroatoms. The van der Waals surface area contributed by atoms with Crippen LogP contribution in [-0.4, -0.2) is 16.1 Å². The van der Waals surface area contributed by atoms with Crippen molar-refractivity contribution in [2.45, 2.75) is 0 Å². The zero-order valence-electron chi connectivity index (χ0n) is 3.44. The van der Waals surface area contributed by atoms with Gasteiger partial charge >= 0.3 is 7.60 Å². The topological polar surface area (TPSA) is 66.8 Å². The monoisotopic (exact) mass is 144 g/mol. The molecule has 0 fully saturated rings. The van der Waals surface area contributed by atoms with E-state index in [1.807, 2.05) is 0 Å². The van der Waals surface area contributed by atoms with Gasteiger partial charge in [-0.2, -0.15) is 0 Å². The van der Waals surface area contributed by atoms with E-state index < -0.39 is 13.9 Å². The first-order chi connectivity index (χ1) is 3.06. The predicted octanol–water partition coefficient (Wildman–Crippen LogP) is -0.0717. The summed E-state index contributed by atoms with van der Waals surface area (Å²) in [4.78, 5) is 16.0. The average molecular weight is 144 g/mol. The lowest BCUT2D eigenvalue weighted by Crippen LogP contribution is -1.83. The van der Waals surface area contributed by atoms with Crippen LogP contribution in [0.15, 0.2) is 0 Å². The molecular formula is CH6O4P2. The van der Waals surface area contributed by atoms with Gasteiger partial charge in [-0.3, -0.25) is 4.57 Å². The highest BCUT2D eigenvalue weighted by atomic mass is 31.2. The van der Waals surface area contributed by atoms with Gasteiger partial charge in [0.05, 0.1) is 0 Å². The van der Waals surface area contributed by atoms with Crippen LogP contribution in [0.2, 0.25) is 0 Å². The minimum absolute atomic E-state index is 0.530. The van der Waals surface area contributed by atoms with Crippen molar-refractivity contribution in [2.24, 2.45) is 0 Å². The Morgan fingerprint density at radius 1 is 1.71 bits per heavy atom. The van der Waals surface area contributed by atoms with E-state index >= 15 is 0 Å². The summed E-state index contributed by atoms with van der Waals surface area (Å²) in [7, 11) is -2.16. The SMILES string of the molecule is O=P(O)(O)COP. The van der Waals surface area contributed by atoms with Crippen molar-refractivity contribution < 1.29 is 18.9 Å². The third kappa shape index (κ3) is 6.54. The van der Waals surface area contributed by atoms with Gasteiger partial charge in [0.1, 0.15) is 0 Å². The van der Waals surface area contributed by atoms with Gasteiger partial charge in [-0.1, -0.05) is 0 Å². The van der Waals surface area contributed by atoms with E-state index in [1.54, 1.807) is 9.47 Å². The Kier molecular flexibility index (Phi) is 2.96. The molecule has 0 aliphatic carbocycles. The summed E-state index contributed by atoms with van der Waals surface area (Å²) in [6.45, 7) is 0. The second-order valence-electron chi connectivity index (χ2n) is 0.960. The first kappa shape index (κ1) is 7.54. The summed E-state index contributed by atoms with van der Waals surface area (Å²) in [6, 6.07) is 0. The van der Waals surface area contributed by atoms with Gasteiger partial charge in [0.25, 0.3) is 0 Å². The van der Waals surface area contributed by atoms with E-state index in [2.05, 4.69) is 4.52 Å². The molecule has 0 saturated heterocycles. The second kappa shape index (κ2) is 2.75. The molecule has 0 aromatic rings. The largest absolute Gasteiger partial charge is 0.353 e. The Morgan fingerprint density at radius 2 is 2.14 bits per heavy atom. The summed E-state index contributed by atoms with van der Waals surface area (Å²) in [6.07, 6.45) is -0.530. The molecule has 0 bridgehead atoms. The molecule has 44 valence electrons. The van der Waals surface area contributed by atoms with Gasteiger partial charge < -0.3 is 14.3 Å². The van der Waals surface area contributed by atoms with Gasteiger partial charge in [-0.25, -0.2) is 0 Å². The summed E-state index contributed by atoms with van der Waals surface area (Å²) >= 11 is 0. The van der Waals surface area contributed by atoms with E-state index in [9.17, 15) is 4.57 Å². The summed E-state index contributed by atoms with van der Waals surface area (Å²) in [5.41, 5.74) is 0. The van der Waals surface area contributed by atoms with Crippen LogP contribution in [-0.2, 0) is 9.09 Å². The minimum Gasteiger partial charge on any atom is -0.353 e. The van der Waals surface area contributed by atoms with Crippen molar-refractivity contribution in [1.29, 1.82) is 0 Å². The Balaban J connectivity index is 3.36. The Morgan fingerprint density at radius 3 is 2.14 bits per heavy atom. The Labute approximate surface area is 43.3 Å². The standard InChI is InChI=1S/CH6O4P2/c2-7(3,4)1-5-6/h1,6H2,(H2,2,3,4). The molecule has 0 saturated carbocycles. The molecule has 0 heterocycles. The van der Waals surface area contributed by atoms with Crippen LogP contribution in [0.25, 0.3) is 0 Å². The van der Waals surface area contributed by atoms with Crippen molar-refractivity contribution in [3.63, 3.8) is 0 Å². The van der Waals surface area contributed by atoms with Crippen molar-refractivity contribution in [3.05, 3.63) is 0 Å². The molecule has 0 aliphatic heterocycles. The third-order valence-corrected chi connectivity index (χ3v) is 1.18. The highest BCUT2D eigenvalue weighted by Gasteiger charge is 2.09. The first-order valence-corrected chi connectivity index (χ1v) is 3.69. The zero-order valence-corrected chi connectivity index (χ0v) is 5.49. The smallest absolute Gasteiger partial charge is 0.351 e. The zero-order chi connectivity index (χ0) is 5.91. The fraction of sp³-hybridized carbons (Fsp3) is 1.00. The maximum absolute atomic E-state index is 9.79. The molecule has 7 heavy (non-hydrogen) atoms. The van der Waals surface area contributed by atoms with Crippen molar-refractivity contribution in [3.8, 4) is 0 Å². The fourth-order valence-corrected chi connectivity index (χ4v) is 0.874. The van der Waals surface area contributed by atoms with Crippen LogP contribution in [0.3, 0.4) is 0 Å². The molecule has 0 aromatic carbocycles. The van der Waals surface area contributed by atoms with Crippen LogP contribution in [0, 0.1) is 0 Å². The Hall–Kier alpha value is 0.540. The maximum Gasteiger partial charge on any atom is 0.351 e. The summed E-state index contributed by atoms with van der Waals surface area (Å²) in [5.74, 6) is 0. The van der Waals surface area contributed by atoms with Crippen LogP contribution in [0.4, 0.5) is 0 Å². The summed E-state index contributed by atoms with van der Waals surface area (Å²) < 4.78 is 13.8. The van der Waals surface area contributed by atoms with E-state index in [-0.39, 0.29) is 0 Å². The van der Waals surface area contributed by atoms with Crippen molar-refractivity contribution >= 4 is 17.1 Å². The van der Waals surface area contributed by atoms with Gasteiger partial charge in [-0.05, 0) is 0 Å². The Bertz CT molecular complexity index is 83.7. The predicted molar refractivity (Wildman–Crippen MR) is 27.7 cm³/mol. The average Bonchev–Trinajstić information content (AvgIpc) is 1.30. The molecule has 0 amide bonds. The second-order valence-corrected chi connectivity index (χ2v) is 2.88. The van der Waals surface area contributed by atoms with Gasteiger partial charge in [-0.15, -0.1) is 0 Å². The highest BCUT2D eigenvalue weighted by Crippen LogP contribution is 2.34. The van der Waals surface area contributed by atoms with Crippen LogP contribution in [0.1, 0.15) is 0 Å². The van der Waals surface area contributed by atoms with E-state index in [1.165, 1.54) is 0 Å². The molecule has 1 unspecified atom stereocenters. The van der Waals surface area contributed by atoms with Crippen molar-refractivity contribution in [1.82, 2.24) is 0 Å². The molecule has 0 aliphatic rings. The lowest BCUT2D eigenvalue weighted by Gasteiger charge is -1.97. The van der Waals surface area contributed by atoms with E-state index in [4.69, 9.17) is 9.79 Å². The fourth-order valence-electron chi connectivity index (χ4n) is 0.0971. The molecular weight excluding hydrogens is 138 g/mol. The summed E-state index contributed by atoms with van der Waals surface area (Å²) in [5, 5.41) is 0. The molecule has 2 N–H and O–H groups in total. The van der Waals surface area contributed by atoms with Crippen molar-refractivity contribution in [2.75, 3.05) is 6.35 Å². The number of hydrogen-bond acceptors (Lipinski definition) is 2. The molecule has 0 spiro atoms. The normalized spacial score (nSPS) is 11.9. The quantitative estimate of drug-likeness (QED) is 0.532. The van der Waals surface area contributed by atoms with Gasteiger partial charge in [0, 0.05) is 9.47 Å².